The molecule has 1 amide bonds. The molecule has 0 saturated heterocycles. The fourth-order valence-electron chi connectivity index (χ4n) is 2.13. The number of hydrogen-bond acceptors (Lipinski definition) is 3. The topological polar surface area (TPSA) is 41.6 Å². The molecule has 0 atom stereocenters. The molecule has 0 heterocycles. The predicted octanol–water partition coefficient (Wildman–Crippen LogP) is 3.56. The van der Waals surface area contributed by atoms with Gasteiger partial charge in [0, 0.05) is 11.6 Å². The highest BCUT2D eigenvalue weighted by Gasteiger charge is 2.10. The van der Waals surface area contributed by atoms with Crippen LogP contribution in [0.2, 0.25) is 5.02 Å². The summed E-state index contributed by atoms with van der Waals surface area (Å²) in [7, 11) is 3.43. The lowest BCUT2D eigenvalue weighted by molar-refractivity contribution is -0.117. The summed E-state index contributed by atoms with van der Waals surface area (Å²) in [5.41, 5.74) is 1.13. The Kier molecular flexibility index (Phi) is 5.96. The van der Waals surface area contributed by atoms with Gasteiger partial charge in [-0.25, -0.2) is 4.39 Å². The van der Waals surface area contributed by atoms with Crippen molar-refractivity contribution in [1.82, 2.24) is 4.90 Å². The van der Waals surface area contributed by atoms with Crippen LogP contribution in [0.4, 0.5) is 10.1 Å². The first-order valence-electron chi connectivity index (χ1n) is 7.04. The van der Waals surface area contributed by atoms with Crippen LogP contribution in [0.25, 0.3) is 0 Å². The molecule has 0 aliphatic rings. The van der Waals surface area contributed by atoms with E-state index in [1.807, 2.05) is 36.2 Å². The zero-order valence-electron chi connectivity index (χ0n) is 13.0. The van der Waals surface area contributed by atoms with Gasteiger partial charge in [-0.1, -0.05) is 23.7 Å². The van der Waals surface area contributed by atoms with Gasteiger partial charge in [-0.15, -0.1) is 0 Å². The fourth-order valence-corrected chi connectivity index (χ4v) is 2.30. The number of nitrogens with zero attached hydrogens (tertiary/aromatic N) is 1. The quantitative estimate of drug-likeness (QED) is 0.877. The molecular weight excluding hydrogens is 319 g/mol. The first-order chi connectivity index (χ1) is 11.0. The summed E-state index contributed by atoms with van der Waals surface area (Å²) in [4.78, 5) is 13.8. The molecule has 0 aromatic heterocycles. The summed E-state index contributed by atoms with van der Waals surface area (Å²) in [6, 6.07) is 11.6. The fraction of sp³-hybridized carbons (Fsp3) is 0.235. The average molecular weight is 337 g/mol. The second-order valence-corrected chi connectivity index (χ2v) is 5.63. The van der Waals surface area contributed by atoms with Gasteiger partial charge in [-0.3, -0.25) is 9.69 Å². The highest BCUT2D eigenvalue weighted by Crippen LogP contribution is 2.19. The van der Waals surface area contributed by atoms with E-state index in [0.29, 0.717) is 11.6 Å². The van der Waals surface area contributed by atoms with Crippen molar-refractivity contribution in [3.05, 3.63) is 58.9 Å². The smallest absolute Gasteiger partial charge is 0.238 e. The van der Waals surface area contributed by atoms with E-state index in [-0.39, 0.29) is 18.1 Å². The van der Waals surface area contributed by atoms with Gasteiger partial charge >= 0.3 is 0 Å². The Hall–Kier alpha value is -2.11. The van der Waals surface area contributed by atoms with Gasteiger partial charge in [0.25, 0.3) is 0 Å². The van der Waals surface area contributed by atoms with Crippen molar-refractivity contribution in [3.8, 4) is 5.75 Å². The predicted molar refractivity (Wildman–Crippen MR) is 89.4 cm³/mol. The molecule has 0 bridgehead atoms. The van der Waals surface area contributed by atoms with E-state index < -0.39 is 5.82 Å². The molecular formula is C17H18ClFN2O2. The van der Waals surface area contributed by atoms with Gasteiger partial charge in [0.2, 0.25) is 5.91 Å². The molecule has 2 aromatic carbocycles. The van der Waals surface area contributed by atoms with E-state index in [9.17, 15) is 9.18 Å². The Morgan fingerprint density at radius 1 is 1.26 bits per heavy atom. The van der Waals surface area contributed by atoms with Gasteiger partial charge in [-0.05, 0) is 42.9 Å². The van der Waals surface area contributed by atoms with Crippen LogP contribution in [-0.2, 0) is 11.3 Å². The summed E-state index contributed by atoms with van der Waals surface area (Å²) in [6.07, 6.45) is 0. The van der Waals surface area contributed by atoms with Crippen molar-refractivity contribution in [1.29, 1.82) is 0 Å². The normalized spacial score (nSPS) is 10.7. The van der Waals surface area contributed by atoms with Crippen molar-refractivity contribution < 1.29 is 13.9 Å². The van der Waals surface area contributed by atoms with Crippen LogP contribution in [0, 0.1) is 5.82 Å². The Morgan fingerprint density at radius 3 is 2.61 bits per heavy atom. The Morgan fingerprint density at radius 2 is 1.96 bits per heavy atom. The summed E-state index contributed by atoms with van der Waals surface area (Å²) < 4.78 is 18.7. The van der Waals surface area contributed by atoms with E-state index in [4.69, 9.17) is 16.3 Å². The zero-order valence-corrected chi connectivity index (χ0v) is 13.7. The van der Waals surface area contributed by atoms with E-state index in [1.54, 1.807) is 7.11 Å². The number of ether oxygens (including phenoxy) is 1. The molecule has 23 heavy (non-hydrogen) atoms. The van der Waals surface area contributed by atoms with Crippen molar-refractivity contribution in [3.63, 3.8) is 0 Å². The maximum absolute atomic E-state index is 13.6. The SMILES string of the molecule is COc1ccc(CN(C)CC(=O)Nc2cc(Cl)ccc2F)cc1. The first-order valence-corrected chi connectivity index (χ1v) is 7.42. The van der Waals surface area contributed by atoms with E-state index in [0.717, 1.165) is 11.3 Å². The number of likely N-dealkylation sites (N-methyl/N-ethyl adjacent to an activating group) is 1. The number of rotatable bonds is 6. The summed E-state index contributed by atoms with van der Waals surface area (Å²) >= 11 is 5.80. The molecule has 0 spiro atoms. The molecule has 0 saturated carbocycles. The highest BCUT2D eigenvalue weighted by atomic mass is 35.5. The van der Waals surface area contributed by atoms with Crippen molar-refractivity contribution >= 4 is 23.2 Å². The van der Waals surface area contributed by atoms with Gasteiger partial charge in [0.15, 0.2) is 0 Å². The first kappa shape index (κ1) is 17.2. The number of nitrogens with one attached hydrogen (secondary N) is 1. The lowest BCUT2D eigenvalue weighted by atomic mass is 10.2. The zero-order chi connectivity index (χ0) is 16.8. The second-order valence-electron chi connectivity index (χ2n) is 5.19. The molecule has 0 aliphatic carbocycles. The number of carbonyl (C=O) groups is 1. The number of hydrogen-bond donors (Lipinski definition) is 1. The number of carbonyl (C=O) groups excluding carboxylic acids is 1. The Balaban J connectivity index is 1.90. The third kappa shape index (κ3) is 5.23. The minimum Gasteiger partial charge on any atom is -0.497 e. The number of amides is 1. The monoisotopic (exact) mass is 336 g/mol. The molecule has 0 unspecified atom stereocenters. The molecule has 6 heteroatoms. The second kappa shape index (κ2) is 7.94. The summed E-state index contributed by atoms with van der Waals surface area (Å²) in [5.74, 6) is -0.0340. The molecule has 0 aliphatic heterocycles. The van der Waals surface area contributed by atoms with Crippen LogP contribution in [0.15, 0.2) is 42.5 Å². The lowest BCUT2D eigenvalue weighted by Gasteiger charge is -2.17. The van der Waals surface area contributed by atoms with E-state index in [1.165, 1.54) is 18.2 Å². The van der Waals surface area contributed by atoms with Crippen LogP contribution in [-0.4, -0.2) is 31.5 Å². The largest absolute Gasteiger partial charge is 0.497 e. The number of benzene rings is 2. The molecule has 1 N–H and O–H groups in total. The van der Waals surface area contributed by atoms with Gasteiger partial charge in [0.1, 0.15) is 11.6 Å². The number of anilines is 1. The van der Waals surface area contributed by atoms with Crippen LogP contribution in [0.5, 0.6) is 5.75 Å². The lowest BCUT2D eigenvalue weighted by Crippen LogP contribution is -2.30. The van der Waals surface area contributed by atoms with Crippen LogP contribution in [0.1, 0.15) is 5.56 Å². The van der Waals surface area contributed by atoms with Gasteiger partial charge in [0.05, 0.1) is 19.3 Å². The van der Waals surface area contributed by atoms with Crippen LogP contribution >= 0.6 is 11.6 Å². The maximum atomic E-state index is 13.6. The van der Waals surface area contributed by atoms with Crippen LogP contribution < -0.4 is 10.1 Å². The Bertz CT molecular complexity index is 677. The molecule has 0 radical (unpaired) electrons. The third-order valence-corrected chi connectivity index (χ3v) is 3.46. The van der Waals surface area contributed by atoms with Crippen molar-refractivity contribution in [2.75, 3.05) is 26.0 Å². The van der Waals surface area contributed by atoms with Gasteiger partial charge < -0.3 is 10.1 Å². The molecule has 4 nitrogen and oxygen atoms in total. The summed E-state index contributed by atoms with van der Waals surface area (Å²) in [6.45, 7) is 0.730. The van der Waals surface area contributed by atoms with Crippen molar-refractivity contribution in [2.45, 2.75) is 6.54 Å². The molecule has 0 fully saturated rings. The maximum Gasteiger partial charge on any atom is 0.238 e. The Labute approximate surface area is 139 Å². The molecule has 122 valence electrons. The number of methoxy groups -OCH3 is 1. The molecule has 2 aromatic rings. The van der Waals surface area contributed by atoms with E-state index >= 15 is 0 Å². The molecule has 2 rings (SSSR count). The average Bonchev–Trinajstić information content (AvgIpc) is 2.51. The van der Waals surface area contributed by atoms with Crippen molar-refractivity contribution in [2.24, 2.45) is 0 Å². The standard InChI is InChI=1S/C17H18ClFN2O2/c1-21(10-12-3-6-14(23-2)7-4-12)11-17(22)20-16-9-13(18)5-8-15(16)19/h3-9H,10-11H2,1-2H3,(H,20,22). The highest BCUT2D eigenvalue weighted by molar-refractivity contribution is 6.30. The third-order valence-electron chi connectivity index (χ3n) is 3.23. The van der Waals surface area contributed by atoms with Crippen LogP contribution in [0.3, 0.4) is 0 Å². The minimum atomic E-state index is -0.513. The minimum absolute atomic E-state index is 0.0837. The van der Waals surface area contributed by atoms with E-state index in [2.05, 4.69) is 5.32 Å². The summed E-state index contributed by atoms with van der Waals surface area (Å²) in [5, 5.41) is 2.89. The van der Waals surface area contributed by atoms with Gasteiger partial charge in [-0.2, -0.15) is 0 Å². The number of halogens is 2.